The molecule has 0 amide bonds. The largest absolute Gasteiger partial charge is 0.467 e. The number of carbonyl (C=O) groups excluding carboxylic acids is 1. The smallest absolute Gasteiger partial charge is 0.435 e. The first-order valence-electron chi connectivity index (χ1n) is 9.79. The maximum Gasteiger partial charge on any atom is 0.435 e. The maximum atomic E-state index is 12.6. The lowest BCUT2D eigenvalue weighted by molar-refractivity contribution is -0.176. The fraction of sp³-hybridized carbons (Fsp3) is 0.737. The van der Waals surface area contributed by atoms with Crippen LogP contribution >= 0.6 is 0 Å². The lowest BCUT2D eigenvalue weighted by Gasteiger charge is -2.35. The van der Waals surface area contributed by atoms with Gasteiger partial charge in [-0.2, -0.15) is 13.2 Å². The van der Waals surface area contributed by atoms with E-state index in [4.69, 9.17) is 9.47 Å². The van der Waals surface area contributed by atoms with E-state index in [1.807, 2.05) is 6.92 Å². The number of nitrogens with zero attached hydrogens (tertiary/aromatic N) is 2. The number of hydrogen-bond acceptors (Lipinski definition) is 6. The van der Waals surface area contributed by atoms with Crippen LogP contribution in [0.2, 0.25) is 0 Å². The molecular weight excluding hydrogens is 375 g/mol. The molecule has 3 rings (SSSR count). The van der Waals surface area contributed by atoms with E-state index in [0.717, 1.165) is 44.4 Å². The Hall–Kier alpha value is -1.90. The van der Waals surface area contributed by atoms with Gasteiger partial charge in [-0.1, -0.05) is 33.1 Å². The zero-order chi connectivity index (χ0) is 20.4. The molecule has 28 heavy (non-hydrogen) atoms. The summed E-state index contributed by atoms with van der Waals surface area (Å²) in [6.45, 7) is 4.68. The van der Waals surface area contributed by atoms with Crippen molar-refractivity contribution in [3.63, 3.8) is 0 Å². The van der Waals surface area contributed by atoms with Crippen molar-refractivity contribution < 1.29 is 27.4 Å². The van der Waals surface area contributed by atoms with E-state index in [9.17, 15) is 18.0 Å². The van der Waals surface area contributed by atoms with E-state index in [2.05, 4.69) is 22.4 Å². The molecule has 2 aliphatic rings. The van der Waals surface area contributed by atoms with Gasteiger partial charge in [0, 0.05) is 19.0 Å². The molecule has 6 nitrogen and oxygen atoms in total. The number of piperidine rings is 1. The topological polar surface area (TPSA) is 73.3 Å². The third kappa shape index (κ3) is 4.56. The van der Waals surface area contributed by atoms with Gasteiger partial charge in [0.25, 0.3) is 0 Å². The molecule has 4 atom stereocenters. The number of carbonyl (C=O) groups is 1. The Morgan fingerprint density at radius 1 is 1.36 bits per heavy atom. The Bertz CT molecular complexity index is 683. The lowest BCUT2D eigenvalue weighted by atomic mass is 10.0. The SMILES string of the molecule is CCCCCC(C)C(=O)O[C@]12C[C@H](CN1)C[C@H]2Oc1ccc(C(F)(F)F)nn1. The van der Waals surface area contributed by atoms with E-state index < -0.39 is 23.7 Å². The van der Waals surface area contributed by atoms with Gasteiger partial charge in [-0.25, -0.2) is 0 Å². The van der Waals surface area contributed by atoms with Gasteiger partial charge in [-0.05, 0) is 24.8 Å². The molecule has 1 aromatic rings. The molecule has 0 radical (unpaired) electrons. The number of esters is 1. The number of aromatic nitrogens is 2. The fourth-order valence-electron chi connectivity index (χ4n) is 3.86. The Morgan fingerprint density at radius 3 is 2.75 bits per heavy atom. The highest BCUT2D eigenvalue weighted by Crippen LogP contribution is 2.43. The predicted molar refractivity (Wildman–Crippen MR) is 94.3 cm³/mol. The van der Waals surface area contributed by atoms with Gasteiger partial charge in [0.1, 0.15) is 0 Å². The minimum absolute atomic E-state index is 0.0150. The second-order valence-corrected chi connectivity index (χ2v) is 7.76. The number of alkyl halides is 3. The summed E-state index contributed by atoms with van der Waals surface area (Å²) in [5, 5.41) is 9.94. The molecule has 1 saturated carbocycles. The minimum Gasteiger partial charge on any atom is -0.467 e. The summed E-state index contributed by atoms with van der Waals surface area (Å²) in [4.78, 5) is 12.6. The molecule has 2 fully saturated rings. The molecule has 0 aromatic carbocycles. The van der Waals surface area contributed by atoms with Gasteiger partial charge >= 0.3 is 12.1 Å². The van der Waals surface area contributed by atoms with Crippen LogP contribution in [0.15, 0.2) is 12.1 Å². The van der Waals surface area contributed by atoms with Gasteiger partial charge in [-0.15, -0.1) is 10.2 Å². The average molecular weight is 401 g/mol. The second-order valence-electron chi connectivity index (χ2n) is 7.76. The van der Waals surface area contributed by atoms with E-state index in [1.165, 1.54) is 0 Å². The van der Waals surface area contributed by atoms with Crippen LogP contribution in [0.3, 0.4) is 0 Å². The zero-order valence-corrected chi connectivity index (χ0v) is 16.1. The quantitative estimate of drug-likeness (QED) is 0.529. The first-order valence-corrected chi connectivity index (χ1v) is 9.79. The van der Waals surface area contributed by atoms with Crippen LogP contribution in [0.25, 0.3) is 0 Å². The number of nitrogens with one attached hydrogen (secondary N) is 1. The summed E-state index contributed by atoms with van der Waals surface area (Å²) in [6, 6.07) is 1.97. The molecule has 9 heteroatoms. The molecule has 1 saturated heterocycles. The van der Waals surface area contributed by atoms with Gasteiger partial charge in [0.2, 0.25) is 11.6 Å². The van der Waals surface area contributed by atoms with Crippen LogP contribution in [0.5, 0.6) is 5.88 Å². The van der Waals surface area contributed by atoms with E-state index in [-0.39, 0.29) is 23.7 Å². The highest BCUT2D eigenvalue weighted by molar-refractivity contribution is 5.72. The number of hydrogen-bond donors (Lipinski definition) is 1. The van der Waals surface area contributed by atoms with Crippen molar-refractivity contribution in [2.45, 2.75) is 70.4 Å². The molecule has 1 aliphatic carbocycles. The molecule has 1 aliphatic heterocycles. The highest BCUT2D eigenvalue weighted by atomic mass is 19.4. The minimum atomic E-state index is -4.55. The van der Waals surface area contributed by atoms with Crippen molar-refractivity contribution in [1.29, 1.82) is 0 Å². The summed E-state index contributed by atoms with van der Waals surface area (Å²) in [6.07, 6.45) is 0.0970. The summed E-state index contributed by atoms with van der Waals surface area (Å²) in [5.74, 6) is -0.221. The molecule has 1 unspecified atom stereocenters. The lowest BCUT2D eigenvalue weighted by Crippen LogP contribution is -2.56. The zero-order valence-electron chi connectivity index (χ0n) is 16.1. The number of unbranched alkanes of at least 4 members (excludes halogenated alkanes) is 2. The molecule has 2 bridgehead atoms. The van der Waals surface area contributed by atoms with Crippen molar-refractivity contribution >= 4 is 5.97 Å². The van der Waals surface area contributed by atoms with Gasteiger partial charge in [-0.3, -0.25) is 10.1 Å². The van der Waals surface area contributed by atoms with Crippen molar-refractivity contribution in [3.8, 4) is 5.88 Å². The molecule has 0 spiro atoms. The number of fused-ring (bicyclic) bond motifs is 2. The Morgan fingerprint density at radius 2 is 2.14 bits per heavy atom. The van der Waals surface area contributed by atoms with Crippen LogP contribution in [0.1, 0.15) is 58.1 Å². The molecule has 2 heterocycles. The third-order valence-corrected chi connectivity index (χ3v) is 5.47. The third-order valence-electron chi connectivity index (χ3n) is 5.47. The number of ether oxygens (including phenoxy) is 2. The van der Waals surface area contributed by atoms with Gasteiger partial charge in [0.15, 0.2) is 11.8 Å². The van der Waals surface area contributed by atoms with Crippen molar-refractivity contribution in [1.82, 2.24) is 15.5 Å². The Labute approximate surface area is 162 Å². The van der Waals surface area contributed by atoms with Crippen molar-refractivity contribution in [2.24, 2.45) is 11.8 Å². The van der Waals surface area contributed by atoms with Gasteiger partial charge in [0.05, 0.1) is 5.92 Å². The predicted octanol–water partition coefficient (Wildman–Crippen LogP) is 3.71. The molecule has 156 valence electrons. The second kappa shape index (κ2) is 8.23. The monoisotopic (exact) mass is 401 g/mol. The summed E-state index contributed by atoms with van der Waals surface area (Å²) in [5.41, 5.74) is -2.03. The normalized spacial score (nSPS) is 27.6. The van der Waals surface area contributed by atoms with Crippen LogP contribution in [0, 0.1) is 11.8 Å². The fourth-order valence-corrected chi connectivity index (χ4v) is 3.86. The van der Waals surface area contributed by atoms with Crippen LogP contribution in [-0.4, -0.2) is 34.5 Å². The number of halogens is 3. The summed E-state index contributed by atoms with van der Waals surface area (Å²) in [7, 11) is 0. The Kier molecular flexibility index (Phi) is 6.12. The first-order chi connectivity index (χ1) is 13.2. The average Bonchev–Trinajstić information content (AvgIpc) is 3.19. The first kappa shape index (κ1) is 20.8. The Balaban J connectivity index is 1.64. The van der Waals surface area contributed by atoms with Gasteiger partial charge < -0.3 is 9.47 Å². The molecular formula is C19H26F3N3O3. The van der Waals surface area contributed by atoms with E-state index in [1.54, 1.807) is 0 Å². The van der Waals surface area contributed by atoms with E-state index >= 15 is 0 Å². The van der Waals surface area contributed by atoms with Crippen LogP contribution in [0.4, 0.5) is 13.2 Å². The summed E-state index contributed by atoms with van der Waals surface area (Å²) >= 11 is 0. The van der Waals surface area contributed by atoms with Crippen molar-refractivity contribution in [3.05, 3.63) is 17.8 Å². The van der Waals surface area contributed by atoms with Crippen LogP contribution in [-0.2, 0) is 15.7 Å². The maximum absolute atomic E-state index is 12.6. The molecule has 1 N–H and O–H groups in total. The highest BCUT2D eigenvalue weighted by Gasteiger charge is 2.57. The standard InChI is InChI=1S/C19H26F3N3O3/c1-3-4-5-6-12(2)17(26)28-18-10-13(11-23-18)9-15(18)27-16-8-7-14(24-25-16)19(20,21)22/h7-8,12-13,15,23H,3-6,9-11H2,1-2H3/t12?,13-,15-,18+/m1/s1. The molecule has 1 aromatic heterocycles. The number of rotatable bonds is 8. The summed E-state index contributed by atoms with van der Waals surface area (Å²) < 4.78 is 49.5. The van der Waals surface area contributed by atoms with Crippen molar-refractivity contribution in [2.75, 3.05) is 6.54 Å². The van der Waals surface area contributed by atoms with Crippen LogP contribution < -0.4 is 10.1 Å². The van der Waals surface area contributed by atoms with E-state index in [0.29, 0.717) is 12.8 Å².